The fourth-order valence-corrected chi connectivity index (χ4v) is 6.84. The van der Waals surface area contributed by atoms with Crippen molar-refractivity contribution in [3.05, 3.63) is 51.8 Å². The number of carbonyl (C=O) groups excluding carboxylic acids is 1. The average Bonchev–Trinajstić information content (AvgIpc) is 3.17. The van der Waals surface area contributed by atoms with Crippen LogP contribution in [0.1, 0.15) is 66.3 Å². The van der Waals surface area contributed by atoms with Gasteiger partial charge in [-0.1, -0.05) is 49.2 Å². The second-order valence-corrected chi connectivity index (χ2v) is 10.5. The molecule has 9 heteroatoms. The van der Waals surface area contributed by atoms with Crippen LogP contribution in [0.4, 0.5) is 13.2 Å². The number of benzene rings is 1. The van der Waals surface area contributed by atoms with Gasteiger partial charge in [-0.15, -0.1) is 0 Å². The minimum atomic E-state index is -4.68. The predicted octanol–water partition coefficient (Wildman–Crippen LogP) is 6.21. The molecule has 3 heterocycles. The average molecular weight is 503 g/mol. The van der Waals surface area contributed by atoms with Crippen LogP contribution < -0.4 is 0 Å². The fourth-order valence-electron chi connectivity index (χ4n) is 6.60. The van der Waals surface area contributed by atoms with Gasteiger partial charge in [0.15, 0.2) is 17.0 Å². The van der Waals surface area contributed by atoms with E-state index in [9.17, 15) is 18.0 Å². The van der Waals surface area contributed by atoms with Crippen LogP contribution in [0.2, 0.25) is 5.02 Å². The monoisotopic (exact) mass is 502 g/mol. The number of fused-ring (bicyclic) bond motifs is 5. The zero-order chi connectivity index (χ0) is 24.5. The Labute approximate surface area is 206 Å². The molecule has 2 aliphatic carbocycles. The van der Waals surface area contributed by atoms with Gasteiger partial charge in [0.2, 0.25) is 0 Å². The van der Waals surface area contributed by atoms with Crippen molar-refractivity contribution in [3.8, 4) is 11.3 Å². The Balaban J connectivity index is 1.52. The minimum absolute atomic E-state index is 0.0704. The van der Waals surface area contributed by atoms with E-state index in [0.29, 0.717) is 30.4 Å². The summed E-state index contributed by atoms with van der Waals surface area (Å²) in [4.78, 5) is 20.1. The Morgan fingerprint density at radius 3 is 2.69 bits per heavy atom. The second kappa shape index (κ2) is 8.22. The standard InChI is InChI=1S/C26H26ClF3N4O/c1-14-6-4-8-16-9-5-13-33(22(14)16)25(35)21-19(27)24-31-20-17-10-3-2-7-15(17)11-12-18(20)23(26(28,29)30)34(24)32-21/h2-3,7,10,14,16,22H,4-6,8-9,11-13H2,1H3. The van der Waals surface area contributed by atoms with Gasteiger partial charge in [0, 0.05) is 23.7 Å². The Bertz CT molecular complexity index is 1330. The van der Waals surface area contributed by atoms with E-state index in [0.717, 1.165) is 42.2 Å². The minimum Gasteiger partial charge on any atom is -0.334 e. The molecule has 0 N–H and O–H groups in total. The van der Waals surface area contributed by atoms with Gasteiger partial charge in [0.05, 0.1) is 5.69 Å². The summed E-state index contributed by atoms with van der Waals surface area (Å²) in [7, 11) is 0. The number of amides is 1. The zero-order valence-corrected chi connectivity index (χ0v) is 20.2. The summed E-state index contributed by atoms with van der Waals surface area (Å²) >= 11 is 6.61. The molecule has 1 aliphatic heterocycles. The van der Waals surface area contributed by atoms with Gasteiger partial charge in [-0.25, -0.2) is 9.50 Å². The normalized spacial score (nSPS) is 24.1. The lowest BCUT2D eigenvalue weighted by Crippen LogP contribution is -2.53. The highest BCUT2D eigenvalue weighted by Crippen LogP contribution is 2.43. The van der Waals surface area contributed by atoms with E-state index in [1.165, 1.54) is 0 Å². The topological polar surface area (TPSA) is 50.5 Å². The van der Waals surface area contributed by atoms with Crippen LogP contribution in [0.5, 0.6) is 0 Å². The number of alkyl halides is 3. The van der Waals surface area contributed by atoms with Crippen LogP contribution in [-0.2, 0) is 19.0 Å². The molecule has 35 heavy (non-hydrogen) atoms. The van der Waals surface area contributed by atoms with Gasteiger partial charge < -0.3 is 4.90 Å². The Morgan fingerprint density at radius 2 is 1.89 bits per heavy atom. The first-order chi connectivity index (χ1) is 16.8. The fraction of sp³-hybridized carbons (Fsp3) is 0.500. The molecule has 0 radical (unpaired) electrons. The molecule has 1 aromatic carbocycles. The van der Waals surface area contributed by atoms with Gasteiger partial charge in [0.25, 0.3) is 5.91 Å². The lowest BCUT2D eigenvalue weighted by molar-refractivity contribution is -0.143. The highest BCUT2D eigenvalue weighted by Gasteiger charge is 2.44. The molecule has 2 aromatic heterocycles. The number of carbonyl (C=O) groups is 1. The summed E-state index contributed by atoms with van der Waals surface area (Å²) in [5.74, 6) is 0.358. The molecule has 2 fully saturated rings. The Morgan fingerprint density at radius 1 is 1.11 bits per heavy atom. The number of hydrogen-bond donors (Lipinski definition) is 0. The van der Waals surface area contributed by atoms with E-state index in [4.69, 9.17) is 11.6 Å². The molecular weight excluding hydrogens is 477 g/mol. The van der Waals surface area contributed by atoms with Crippen LogP contribution in [0.3, 0.4) is 0 Å². The van der Waals surface area contributed by atoms with Crippen LogP contribution >= 0.6 is 11.6 Å². The van der Waals surface area contributed by atoms with Crippen molar-refractivity contribution >= 4 is 23.2 Å². The molecule has 3 atom stereocenters. The predicted molar refractivity (Wildman–Crippen MR) is 126 cm³/mol. The molecule has 0 spiro atoms. The number of nitrogens with zero attached hydrogens (tertiary/aromatic N) is 4. The van der Waals surface area contributed by atoms with Gasteiger partial charge in [0.1, 0.15) is 5.02 Å². The summed E-state index contributed by atoms with van der Waals surface area (Å²) in [6.07, 6.45) is 1.20. The van der Waals surface area contributed by atoms with E-state index in [1.54, 1.807) is 12.1 Å². The maximum absolute atomic E-state index is 14.4. The van der Waals surface area contributed by atoms with E-state index < -0.39 is 17.8 Å². The van der Waals surface area contributed by atoms with E-state index >= 15 is 0 Å². The summed E-state index contributed by atoms with van der Waals surface area (Å²) in [6, 6.07) is 7.42. The molecule has 0 bridgehead atoms. The van der Waals surface area contributed by atoms with Crippen LogP contribution in [0.15, 0.2) is 24.3 Å². The summed E-state index contributed by atoms with van der Waals surface area (Å²) in [5, 5.41) is 4.08. The smallest absolute Gasteiger partial charge is 0.334 e. The molecular formula is C26H26ClF3N4O. The molecule has 5 nitrogen and oxygen atoms in total. The van der Waals surface area contributed by atoms with Crippen molar-refractivity contribution in [2.75, 3.05) is 6.54 Å². The van der Waals surface area contributed by atoms with Crippen molar-refractivity contribution < 1.29 is 18.0 Å². The Hall–Kier alpha value is -2.61. The highest BCUT2D eigenvalue weighted by molar-refractivity contribution is 6.36. The van der Waals surface area contributed by atoms with Gasteiger partial charge in [-0.2, -0.15) is 18.3 Å². The first-order valence-corrected chi connectivity index (χ1v) is 12.7. The zero-order valence-electron chi connectivity index (χ0n) is 19.4. The van der Waals surface area contributed by atoms with E-state index in [2.05, 4.69) is 17.0 Å². The molecule has 1 saturated heterocycles. The maximum atomic E-state index is 14.4. The highest BCUT2D eigenvalue weighted by atomic mass is 35.5. The van der Waals surface area contributed by atoms with Crippen molar-refractivity contribution in [3.63, 3.8) is 0 Å². The van der Waals surface area contributed by atoms with E-state index in [-0.39, 0.29) is 40.1 Å². The summed E-state index contributed by atoms with van der Waals surface area (Å²) < 4.78 is 44.0. The number of aromatic nitrogens is 3. The quantitative estimate of drug-likeness (QED) is 0.397. The molecule has 184 valence electrons. The molecule has 3 aromatic rings. The van der Waals surface area contributed by atoms with Crippen LogP contribution in [0, 0.1) is 11.8 Å². The van der Waals surface area contributed by atoms with Crippen LogP contribution in [0.25, 0.3) is 16.9 Å². The number of rotatable bonds is 1. The maximum Gasteiger partial charge on any atom is 0.433 e. The van der Waals surface area contributed by atoms with Gasteiger partial charge >= 0.3 is 6.18 Å². The molecule has 1 amide bonds. The molecule has 3 unspecified atom stereocenters. The third-order valence-corrected chi connectivity index (χ3v) is 8.44. The number of aryl methyl sites for hydroxylation is 1. The SMILES string of the molecule is CC1CCCC2CCCN(C(=O)c3nn4c(C(F)(F)F)c5c(nc4c3Cl)-c3ccccc3CC5)C12. The number of piperidine rings is 1. The molecule has 3 aliphatic rings. The third-order valence-electron chi connectivity index (χ3n) is 8.09. The summed E-state index contributed by atoms with van der Waals surface area (Å²) in [5.41, 5.74) is 0.828. The van der Waals surface area contributed by atoms with Crippen molar-refractivity contribution in [1.82, 2.24) is 19.5 Å². The number of hydrogen-bond acceptors (Lipinski definition) is 3. The lowest BCUT2D eigenvalue weighted by atomic mass is 9.73. The number of halogens is 4. The van der Waals surface area contributed by atoms with Gasteiger partial charge in [-0.3, -0.25) is 4.79 Å². The van der Waals surface area contributed by atoms with E-state index in [1.807, 2.05) is 17.0 Å². The first kappa shape index (κ1) is 22.8. The second-order valence-electron chi connectivity index (χ2n) is 10.1. The molecule has 6 rings (SSSR count). The number of likely N-dealkylation sites (tertiary alicyclic amines) is 1. The summed E-state index contributed by atoms with van der Waals surface area (Å²) in [6.45, 7) is 2.72. The van der Waals surface area contributed by atoms with Gasteiger partial charge in [-0.05, 0) is 55.9 Å². The van der Waals surface area contributed by atoms with Crippen molar-refractivity contribution in [2.45, 2.75) is 64.1 Å². The lowest BCUT2D eigenvalue weighted by Gasteiger charge is -2.47. The largest absolute Gasteiger partial charge is 0.433 e. The third kappa shape index (κ3) is 3.55. The van der Waals surface area contributed by atoms with Crippen LogP contribution in [-0.4, -0.2) is 38.0 Å². The molecule has 1 saturated carbocycles. The van der Waals surface area contributed by atoms with Crippen molar-refractivity contribution in [2.24, 2.45) is 11.8 Å². The first-order valence-electron chi connectivity index (χ1n) is 12.3. The Kier molecular flexibility index (Phi) is 5.36. The van der Waals surface area contributed by atoms with Crippen molar-refractivity contribution in [1.29, 1.82) is 0 Å².